The van der Waals surface area contributed by atoms with Gasteiger partial charge in [0, 0.05) is 13.0 Å². The van der Waals surface area contributed by atoms with Crippen LogP contribution in [0.4, 0.5) is 0 Å². The first-order chi connectivity index (χ1) is 13.5. The van der Waals surface area contributed by atoms with Crippen molar-refractivity contribution in [2.75, 3.05) is 20.8 Å². The second kappa shape index (κ2) is 8.68. The predicted octanol–water partition coefficient (Wildman–Crippen LogP) is 0.424. The molecule has 1 aliphatic heterocycles. The number of hydrogen-bond acceptors (Lipinski definition) is 6. The van der Waals surface area contributed by atoms with Crippen molar-refractivity contribution in [3.05, 3.63) is 41.7 Å². The van der Waals surface area contributed by atoms with Gasteiger partial charge in [0.25, 0.3) is 0 Å². The quantitative estimate of drug-likeness (QED) is 0.395. The molecule has 2 N–H and O–H groups in total. The van der Waals surface area contributed by atoms with Crippen LogP contribution in [0.15, 0.2) is 36.9 Å². The highest BCUT2D eigenvalue weighted by molar-refractivity contribution is 7.71. The summed E-state index contributed by atoms with van der Waals surface area (Å²) in [4.78, 5) is 12.9. The van der Waals surface area contributed by atoms with Crippen molar-refractivity contribution in [2.45, 2.75) is 31.8 Å². The number of carbonyl (C=O) groups excluding carboxylic acids is 1. The van der Waals surface area contributed by atoms with Crippen molar-refractivity contribution >= 4 is 18.2 Å². The van der Waals surface area contributed by atoms with E-state index in [4.69, 9.17) is 26.8 Å². The lowest BCUT2D eigenvalue weighted by Gasteiger charge is -2.18. The molecule has 0 amide bonds. The van der Waals surface area contributed by atoms with E-state index < -0.39 is 12.1 Å². The first-order valence-electron chi connectivity index (χ1n) is 9.02. The van der Waals surface area contributed by atoms with Gasteiger partial charge in [0.2, 0.25) is 4.77 Å². The average Bonchev–Trinajstić information content (AvgIpc) is 3.22. The molecule has 0 radical (unpaired) electrons. The standard InChI is InChI=1S/C19H24N4O4S/c1-4-9-22-17(14-7-5-6-8-16(14)26-2)20-23(19(22)28)12-21-11-13(24)10-15(21)18(25)27-3/h4-8,13,15,24H,1,9-12H2,2-3H3/p+1/t13-,15-/m0/s1. The zero-order valence-electron chi connectivity index (χ0n) is 16.0. The Morgan fingerprint density at radius 1 is 1.46 bits per heavy atom. The van der Waals surface area contributed by atoms with E-state index in [0.717, 1.165) is 10.5 Å². The van der Waals surface area contributed by atoms with E-state index in [1.54, 1.807) is 17.9 Å². The SMILES string of the molecule is C=CCn1c(-c2ccccc2OC)nn(C[NH+]2C[C@@H](O)C[C@H]2C(=O)OC)c1=S. The van der Waals surface area contributed by atoms with Gasteiger partial charge < -0.3 is 19.5 Å². The minimum Gasteiger partial charge on any atom is -0.496 e. The van der Waals surface area contributed by atoms with Crippen LogP contribution in [0.3, 0.4) is 0 Å². The Bertz CT molecular complexity index is 923. The number of aliphatic hydroxyl groups excluding tert-OH is 1. The summed E-state index contributed by atoms with van der Waals surface area (Å²) in [5, 5.41) is 14.7. The molecule has 1 aliphatic rings. The van der Waals surface area contributed by atoms with Crippen LogP contribution in [0.25, 0.3) is 11.4 Å². The number of allylic oxidation sites excluding steroid dienone is 1. The Labute approximate surface area is 168 Å². The number of benzene rings is 1. The van der Waals surface area contributed by atoms with Crippen LogP contribution in [-0.4, -0.2) is 58.3 Å². The molecule has 9 heteroatoms. The van der Waals surface area contributed by atoms with Gasteiger partial charge in [-0.15, -0.1) is 11.7 Å². The largest absolute Gasteiger partial charge is 0.496 e. The lowest BCUT2D eigenvalue weighted by Crippen LogP contribution is -3.14. The number of nitrogens with one attached hydrogen (secondary N) is 1. The topological polar surface area (TPSA) is 83.0 Å². The Morgan fingerprint density at radius 3 is 2.89 bits per heavy atom. The average molecular weight is 406 g/mol. The normalized spacial score (nSPS) is 21.5. The molecule has 3 atom stereocenters. The van der Waals surface area contributed by atoms with Gasteiger partial charge in [0.15, 0.2) is 18.5 Å². The molecule has 1 unspecified atom stereocenters. The van der Waals surface area contributed by atoms with E-state index in [9.17, 15) is 9.90 Å². The minimum atomic E-state index is -0.558. The maximum Gasteiger partial charge on any atom is 0.364 e. The van der Waals surface area contributed by atoms with Gasteiger partial charge in [0.1, 0.15) is 18.4 Å². The molecule has 28 heavy (non-hydrogen) atoms. The number of nitrogens with zero attached hydrogens (tertiary/aromatic N) is 3. The van der Waals surface area contributed by atoms with Crippen LogP contribution in [0.2, 0.25) is 0 Å². The monoisotopic (exact) mass is 405 g/mol. The number of esters is 1. The van der Waals surface area contributed by atoms with E-state index in [0.29, 0.717) is 42.5 Å². The number of methoxy groups -OCH3 is 2. The van der Waals surface area contributed by atoms with Crippen LogP contribution >= 0.6 is 12.2 Å². The van der Waals surface area contributed by atoms with Crippen LogP contribution in [-0.2, 0) is 22.7 Å². The number of para-hydroxylation sites is 1. The summed E-state index contributed by atoms with van der Waals surface area (Å²) in [6.45, 7) is 5.08. The summed E-state index contributed by atoms with van der Waals surface area (Å²) in [5.41, 5.74) is 0.817. The number of likely N-dealkylation sites (tertiary alicyclic amines) is 1. The number of ether oxygens (including phenoxy) is 2. The van der Waals surface area contributed by atoms with Crippen molar-refractivity contribution in [1.29, 1.82) is 0 Å². The molecule has 0 saturated carbocycles. The summed E-state index contributed by atoms with van der Waals surface area (Å²) < 4.78 is 14.4. The van der Waals surface area contributed by atoms with Gasteiger partial charge in [-0.05, 0) is 24.4 Å². The lowest BCUT2D eigenvalue weighted by atomic mass is 10.2. The summed E-state index contributed by atoms with van der Waals surface area (Å²) in [6.07, 6.45) is 1.56. The van der Waals surface area contributed by atoms with E-state index in [2.05, 4.69) is 6.58 Å². The minimum absolute atomic E-state index is 0.339. The number of carbonyl (C=O) groups is 1. The smallest absolute Gasteiger partial charge is 0.364 e. The number of aliphatic hydroxyl groups is 1. The lowest BCUT2D eigenvalue weighted by molar-refractivity contribution is -0.928. The molecular weight excluding hydrogens is 380 g/mol. The maximum absolute atomic E-state index is 12.1. The molecule has 2 heterocycles. The number of hydrogen-bond donors (Lipinski definition) is 2. The number of aromatic nitrogens is 3. The third kappa shape index (κ3) is 3.87. The maximum atomic E-state index is 12.1. The fraction of sp³-hybridized carbons (Fsp3) is 0.421. The Kier molecular flexibility index (Phi) is 6.28. The van der Waals surface area contributed by atoms with E-state index >= 15 is 0 Å². The van der Waals surface area contributed by atoms with E-state index in [-0.39, 0.29) is 5.97 Å². The number of quaternary nitrogens is 1. The first-order valence-corrected chi connectivity index (χ1v) is 9.43. The Balaban J connectivity index is 2.00. The fourth-order valence-electron chi connectivity index (χ4n) is 3.61. The Morgan fingerprint density at radius 2 is 2.21 bits per heavy atom. The van der Waals surface area contributed by atoms with Gasteiger partial charge in [0.05, 0.1) is 19.8 Å². The van der Waals surface area contributed by atoms with Crippen molar-refractivity contribution in [3.8, 4) is 17.1 Å². The molecule has 1 saturated heterocycles. The van der Waals surface area contributed by atoms with Gasteiger partial charge in [-0.25, -0.2) is 4.79 Å². The summed E-state index contributed by atoms with van der Waals surface area (Å²) in [5.74, 6) is 1.01. The van der Waals surface area contributed by atoms with Crippen molar-refractivity contribution in [2.24, 2.45) is 0 Å². The van der Waals surface area contributed by atoms with Gasteiger partial charge in [-0.2, -0.15) is 4.68 Å². The zero-order chi connectivity index (χ0) is 20.3. The number of rotatable bonds is 7. The second-order valence-electron chi connectivity index (χ2n) is 6.69. The van der Waals surface area contributed by atoms with Crippen molar-refractivity contribution < 1.29 is 24.3 Å². The Hall–Kier alpha value is -2.49. The third-order valence-corrected chi connectivity index (χ3v) is 5.35. The van der Waals surface area contributed by atoms with Crippen molar-refractivity contribution in [3.63, 3.8) is 0 Å². The van der Waals surface area contributed by atoms with Crippen LogP contribution < -0.4 is 9.64 Å². The van der Waals surface area contributed by atoms with Gasteiger partial charge >= 0.3 is 5.97 Å². The molecular formula is C19H25N4O4S+. The summed E-state index contributed by atoms with van der Waals surface area (Å²) >= 11 is 5.64. The molecule has 150 valence electrons. The molecule has 0 bridgehead atoms. The van der Waals surface area contributed by atoms with Crippen LogP contribution in [0, 0.1) is 4.77 Å². The molecule has 1 aromatic heterocycles. The first kappa shape index (κ1) is 20.2. The fourth-order valence-corrected chi connectivity index (χ4v) is 3.87. The van der Waals surface area contributed by atoms with E-state index in [1.165, 1.54) is 7.11 Å². The van der Waals surface area contributed by atoms with Crippen LogP contribution in [0.1, 0.15) is 6.42 Å². The summed E-state index contributed by atoms with van der Waals surface area (Å²) in [7, 11) is 2.97. The molecule has 1 aromatic carbocycles. The zero-order valence-corrected chi connectivity index (χ0v) is 16.8. The van der Waals surface area contributed by atoms with Gasteiger partial charge in [-0.3, -0.25) is 4.57 Å². The van der Waals surface area contributed by atoms with Gasteiger partial charge in [-0.1, -0.05) is 18.2 Å². The third-order valence-electron chi connectivity index (χ3n) is 4.92. The highest BCUT2D eigenvalue weighted by Gasteiger charge is 2.41. The molecule has 1 fully saturated rings. The van der Waals surface area contributed by atoms with Crippen LogP contribution in [0.5, 0.6) is 5.75 Å². The highest BCUT2D eigenvalue weighted by Crippen LogP contribution is 2.28. The molecule has 8 nitrogen and oxygen atoms in total. The summed E-state index contributed by atoms with van der Waals surface area (Å²) in [6, 6.07) is 7.14. The van der Waals surface area contributed by atoms with E-state index in [1.807, 2.05) is 28.8 Å². The molecule has 2 aromatic rings. The highest BCUT2D eigenvalue weighted by atomic mass is 32.1. The predicted molar refractivity (Wildman–Crippen MR) is 105 cm³/mol. The second-order valence-corrected chi connectivity index (χ2v) is 7.06. The molecule has 3 rings (SSSR count). The molecule has 0 aliphatic carbocycles. The molecule has 0 spiro atoms. The van der Waals surface area contributed by atoms with Crippen molar-refractivity contribution in [1.82, 2.24) is 14.3 Å².